The van der Waals surface area contributed by atoms with E-state index in [9.17, 15) is 9.59 Å². The summed E-state index contributed by atoms with van der Waals surface area (Å²) in [5, 5.41) is 0.983. The van der Waals surface area contributed by atoms with E-state index < -0.39 is 11.8 Å². The van der Waals surface area contributed by atoms with E-state index in [4.69, 9.17) is 26.2 Å². The zero-order chi connectivity index (χ0) is 27.9. The Hall–Kier alpha value is -3.92. The van der Waals surface area contributed by atoms with E-state index in [1.165, 1.54) is 12.8 Å². The normalized spacial score (nSPS) is 22.9. The van der Waals surface area contributed by atoms with Gasteiger partial charge in [0.1, 0.15) is 17.0 Å². The molecule has 6 heterocycles. The van der Waals surface area contributed by atoms with Gasteiger partial charge in [-0.25, -0.2) is 9.97 Å². The number of hydrogen-bond acceptors (Lipinski definition) is 6. The predicted molar refractivity (Wildman–Crippen MR) is 151 cm³/mol. The fourth-order valence-corrected chi connectivity index (χ4v) is 6.76. The van der Waals surface area contributed by atoms with Crippen LogP contribution < -0.4 is 16.2 Å². The monoisotopic (exact) mass is 541 g/mol. The van der Waals surface area contributed by atoms with Crippen molar-refractivity contribution >= 4 is 28.5 Å². The number of rotatable bonds is 7. The molecule has 4 N–H and O–H groups in total. The minimum atomic E-state index is -0.477. The van der Waals surface area contributed by atoms with Gasteiger partial charge in [-0.05, 0) is 76.1 Å². The van der Waals surface area contributed by atoms with E-state index in [-0.39, 0.29) is 24.0 Å². The highest BCUT2D eigenvalue weighted by molar-refractivity contribution is 5.97. The molecule has 1 aliphatic carbocycles. The molecule has 2 aliphatic heterocycles. The van der Waals surface area contributed by atoms with Crippen molar-refractivity contribution in [1.82, 2.24) is 23.8 Å². The van der Waals surface area contributed by atoms with Gasteiger partial charge in [0.2, 0.25) is 5.91 Å². The fraction of sp³-hybridized carbons (Fsp3) is 0.467. The molecular formula is C30H35N7O3. The number of nitrogens with two attached hydrogens (primary N) is 2. The smallest absolute Gasteiger partial charge is 0.254 e. The van der Waals surface area contributed by atoms with Crippen molar-refractivity contribution in [1.29, 1.82) is 0 Å². The van der Waals surface area contributed by atoms with Crippen molar-refractivity contribution in [2.45, 2.75) is 76.5 Å². The number of methoxy groups -OCH3 is 1. The topological polar surface area (TPSA) is 134 Å². The van der Waals surface area contributed by atoms with Crippen molar-refractivity contribution in [2.75, 3.05) is 7.11 Å². The number of pyridine rings is 2. The maximum atomic E-state index is 13.7. The second-order valence-electron chi connectivity index (χ2n) is 11.8. The second kappa shape index (κ2) is 9.05. The number of hydrogen-bond donors (Lipinski definition) is 2. The number of fused-ring (bicyclic) bond motifs is 4. The lowest BCUT2D eigenvalue weighted by Crippen LogP contribution is -2.40. The SMILES string of the molecule is COc1cc(C(=O)N2[C@H]3CC[C@@H]2[C@H](N)C3)cc2nc(-c3cc4ccc(C(C)C(N)=O)nc4n3CC3CC3)c(C)n12. The molecule has 0 spiro atoms. The minimum absolute atomic E-state index is 0.00778. The highest BCUT2D eigenvalue weighted by atomic mass is 16.5. The Morgan fingerprint density at radius 2 is 1.93 bits per heavy atom. The highest BCUT2D eigenvalue weighted by Crippen LogP contribution is 2.40. The van der Waals surface area contributed by atoms with Gasteiger partial charge in [0.05, 0.1) is 30.1 Å². The van der Waals surface area contributed by atoms with Gasteiger partial charge in [-0.2, -0.15) is 0 Å². The average molecular weight is 542 g/mol. The number of carbonyl (C=O) groups is 2. The number of primary amides is 1. The van der Waals surface area contributed by atoms with Gasteiger partial charge in [0.25, 0.3) is 5.91 Å². The third-order valence-electron chi connectivity index (χ3n) is 9.21. The van der Waals surface area contributed by atoms with Crippen LogP contribution >= 0.6 is 0 Å². The molecule has 7 rings (SSSR count). The second-order valence-corrected chi connectivity index (χ2v) is 11.8. The van der Waals surface area contributed by atoms with Gasteiger partial charge < -0.3 is 25.7 Å². The minimum Gasteiger partial charge on any atom is -0.482 e. The molecule has 1 unspecified atom stereocenters. The molecule has 4 atom stereocenters. The highest BCUT2D eigenvalue weighted by Gasteiger charge is 2.47. The largest absolute Gasteiger partial charge is 0.482 e. The number of aryl methyl sites for hydroxylation is 1. The van der Waals surface area contributed by atoms with E-state index in [0.29, 0.717) is 28.7 Å². The molecule has 0 aromatic carbocycles. The molecule has 208 valence electrons. The van der Waals surface area contributed by atoms with E-state index in [2.05, 4.69) is 10.6 Å². The summed E-state index contributed by atoms with van der Waals surface area (Å²) in [5.74, 6) is 0.270. The summed E-state index contributed by atoms with van der Waals surface area (Å²) in [4.78, 5) is 37.5. The van der Waals surface area contributed by atoms with E-state index in [0.717, 1.165) is 53.9 Å². The lowest BCUT2D eigenvalue weighted by molar-refractivity contribution is -0.119. The van der Waals surface area contributed by atoms with Crippen LogP contribution in [0.1, 0.15) is 66.7 Å². The van der Waals surface area contributed by atoms with Crippen LogP contribution in [0.25, 0.3) is 28.1 Å². The van der Waals surface area contributed by atoms with Gasteiger partial charge in [-0.3, -0.25) is 14.0 Å². The van der Waals surface area contributed by atoms with Crippen LogP contribution in [-0.2, 0) is 11.3 Å². The first-order valence-corrected chi connectivity index (χ1v) is 14.2. The van der Waals surface area contributed by atoms with Crippen molar-refractivity contribution in [2.24, 2.45) is 17.4 Å². The molecular weight excluding hydrogens is 506 g/mol. The molecule has 0 radical (unpaired) electrons. The van der Waals surface area contributed by atoms with Crippen molar-refractivity contribution in [3.63, 3.8) is 0 Å². The summed E-state index contributed by atoms with van der Waals surface area (Å²) in [6.45, 7) is 4.63. The molecule has 4 aromatic heterocycles. The first kappa shape index (κ1) is 25.1. The Kier molecular flexibility index (Phi) is 5.68. The Labute approximate surface area is 232 Å². The van der Waals surface area contributed by atoms with Crippen LogP contribution in [0.4, 0.5) is 0 Å². The molecule has 2 amide bonds. The summed E-state index contributed by atoms with van der Waals surface area (Å²) >= 11 is 0. The number of nitrogens with zero attached hydrogens (tertiary/aromatic N) is 5. The van der Waals surface area contributed by atoms with E-state index in [1.807, 2.05) is 40.5 Å². The molecule has 2 bridgehead atoms. The van der Waals surface area contributed by atoms with Crippen molar-refractivity contribution < 1.29 is 14.3 Å². The third kappa shape index (κ3) is 3.80. The summed E-state index contributed by atoms with van der Waals surface area (Å²) in [6.07, 6.45) is 5.20. The zero-order valence-corrected chi connectivity index (χ0v) is 23.1. The third-order valence-corrected chi connectivity index (χ3v) is 9.21. The van der Waals surface area contributed by atoms with Crippen LogP contribution in [0.5, 0.6) is 5.88 Å². The van der Waals surface area contributed by atoms with Crippen molar-refractivity contribution in [3.05, 3.63) is 47.3 Å². The van der Waals surface area contributed by atoms with Gasteiger partial charge in [-0.1, -0.05) is 0 Å². The Morgan fingerprint density at radius 3 is 2.58 bits per heavy atom. The summed E-state index contributed by atoms with van der Waals surface area (Å²) in [6, 6.07) is 10.0. The number of amides is 2. The summed E-state index contributed by atoms with van der Waals surface area (Å²) < 4.78 is 9.98. The maximum Gasteiger partial charge on any atom is 0.254 e. The molecule has 40 heavy (non-hydrogen) atoms. The van der Waals surface area contributed by atoms with E-state index in [1.54, 1.807) is 14.0 Å². The van der Waals surface area contributed by atoms with E-state index >= 15 is 0 Å². The first-order chi connectivity index (χ1) is 19.2. The summed E-state index contributed by atoms with van der Waals surface area (Å²) in [5.41, 5.74) is 17.3. The standard InChI is InChI=1S/C30H35N7O3/c1-15(28(32)38)22-8-6-18-10-24(35(29(18)33-22)14-17-4-5-17)27-16(2)36-25(34-27)11-19(12-26(36)40-3)30(39)37-20-7-9-23(37)21(31)13-20/h6,8,10-12,15,17,20-21,23H,4-5,7,9,13-14,31H2,1-3H3,(H2,32,38)/t15?,20-,21+,23+/m0/s1. The zero-order valence-electron chi connectivity index (χ0n) is 23.1. The molecule has 1 saturated carbocycles. The van der Waals surface area contributed by atoms with Gasteiger partial charge in [0, 0.05) is 41.7 Å². The number of imidazole rings is 1. The summed E-state index contributed by atoms with van der Waals surface area (Å²) in [7, 11) is 1.62. The van der Waals surface area contributed by atoms with Crippen LogP contribution in [0, 0.1) is 12.8 Å². The van der Waals surface area contributed by atoms with Gasteiger partial charge in [-0.15, -0.1) is 0 Å². The Balaban J connectivity index is 1.35. The van der Waals surface area contributed by atoms with Crippen LogP contribution in [0.15, 0.2) is 30.3 Å². The van der Waals surface area contributed by atoms with Gasteiger partial charge in [0.15, 0.2) is 5.88 Å². The number of carbonyl (C=O) groups excluding carboxylic acids is 2. The van der Waals surface area contributed by atoms with Crippen LogP contribution in [0.3, 0.4) is 0 Å². The lowest BCUT2D eigenvalue weighted by Gasteiger charge is -2.23. The molecule has 3 fully saturated rings. The predicted octanol–water partition coefficient (Wildman–Crippen LogP) is 3.37. The molecule has 2 saturated heterocycles. The molecule has 10 nitrogen and oxygen atoms in total. The molecule has 4 aromatic rings. The maximum absolute atomic E-state index is 13.7. The van der Waals surface area contributed by atoms with Gasteiger partial charge >= 0.3 is 0 Å². The molecule has 10 heteroatoms. The number of ether oxygens (including phenoxy) is 1. The van der Waals surface area contributed by atoms with Crippen LogP contribution in [0.2, 0.25) is 0 Å². The van der Waals surface area contributed by atoms with Crippen molar-refractivity contribution in [3.8, 4) is 17.3 Å². The Morgan fingerprint density at radius 1 is 1.12 bits per heavy atom. The lowest BCUT2D eigenvalue weighted by atomic mass is 9.97. The first-order valence-electron chi connectivity index (χ1n) is 14.2. The number of aromatic nitrogens is 4. The average Bonchev–Trinajstić information content (AvgIpc) is 3.27. The quantitative estimate of drug-likeness (QED) is 0.369. The Bertz CT molecular complexity index is 1680. The molecule has 3 aliphatic rings. The van der Waals surface area contributed by atoms with Crippen LogP contribution in [-0.4, -0.2) is 60.9 Å². The fourth-order valence-electron chi connectivity index (χ4n) is 6.76.